The van der Waals surface area contributed by atoms with Crippen molar-refractivity contribution < 1.29 is 4.39 Å². The molecule has 1 N–H and O–H groups in total. The van der Waals surface area contributed by atoms with Gasteiger partial charge in [-0.15, -0.1) is 0 Å². The molecule has 3 nitrogen and oxygen atoms in total. The predicted octanol–water partition coefficient (Wildman–Crippen LogP) is 2.95. The highest BCUT2D eigenvalue weighted by molar-refractivity contribution is 9.10. The second-order valence-corrected chi connectivity index (χ2v) is 6.68. The lowest BCUT2D eigenvalue weighted by molar-refractivity contribution is 0.172. The second kappa shape index (κ2) is 5.37. The molecule has 0 aliphatic carbocycles. The van der Waals surface area contributed by atoms with E-state index in [2.05, 4.69) is 31.1 Å². The third kappa shape index (κ3) is 2.77. The van der Waals surface area contributed by atoms with Crippen LogP contribution >= 0.6 is 15.9 Å². The van der Waals surface area contributed by atoms with Crippen LogP contribution in [0.15, 0.2) is 16.7 Å². The van der Waals surface area contributed by atoms with Gasteiger partial charge in [-0.3, -0.25) is 0 Å². The highest BCUT2D eigenvalue weighted by Gasteiger charge is 2.37. The van der Waals surface area contributed by atoms with Crippen LogP contribution in [0.4, 0.5) is 10.2 Å². The van der Waals surface area contributed by atoms with Gasteiger partial charge in [-0.1, -0.05) is 0 Å². The van der Waals surface area contributed by atoms with Crippen LogP contribution in [0.3, 0.4) is 0 Å². The molecule has 0 bridgehead atoms. The highest BCUT2D eigenvalue weighted by Crippen LogP contribution is 2.37. The lowest BCUT2D eigenvalue weighted by Gasteiger charge is -2.45. The van der Waals surface area contributed by atoms with Gasteiger partial charge in [0.2, 0.25) is 0 Å². The molecule has 5 heteroatoms. The van der Waals surface area contributed by atoms with Crippen molar-refractivity contribution in [3.05, 3.63) is 22.6 Å². The summed E-state index contributed by atoms with van der Waals surface area (Å²) in [5.41, 5.74) is 0.317. The van der Waals surface area contributed by atoms with Crippen LogP contribution in [-0.4, -0.2) is 31.2 Å². The number of nitrogens with zero attached hydrogens (tertiary/aromatic N) is 2. The van der Waals surface area contributed by atoms with Crippen LogP contribution in [-0.2, 0) is 0 Å². The molecular weight excluding hydrogens is 309 g/mol. The summed E-state index contributed by atoms with van der Waals surface area (Å²) >= 11 is 3.26. The summed E-state index contributed by atoms with van der Waals surface area (Å²) in [5.74, 6) is 0.281. The fourth-order valence-corrected chi connectivity index (χ4v) is 3.71. The number of halogens is 2. The van der Waals surface area contributed by atoms with Crippen molar-refractivity contribution in [2.75, 3.05) is 31.1 Å². The van der Waals surface area contributed by atoms with Crippen molar-refractivity contribution >= 4 is 21.7 Å². The summed E-state index contributed by atoms with van der Waals surface area (Å²) in [6.07, 6.45) is 6.52. The molecule has 2 fully saturated rings. The fourth-order valence-electron chi connectivity index (χ4n) is 3.41. The topological polar surface area (TPSA) is 28.2 Å². The molecule has 0 saturated carbocycles. The van der Waals surface area contributed by atoms with Crippen LogP contribution in [0, 0.1) is 11.2 Å². The van der Waals surface area contributed by atoms with Gasteiger partial charge < -0.3 is 10.2 Å². The Morgan fingerprint density at radius 2 is 2.21 bits per heavy atom. The maximum absolute atomic E-state index is 14.0. The molecule has 3 heterocycles. The molecular formula is C14H19BrFN3. The van der Waals surface area contributed by atoms with Gasteiger partial charge in [-0.2, -0.15) is 0 Å². The normalized spacial score (nSPS) is 27.8. The first-order chi connectivity index (χ1) is 9.19. The zero-order valence-electron chi connectivity index (χ0n) is 11.0. The number of nitrogens with one attached hydrogen (secondary N) is 1. The summed E-state index contributed by atoms with van der Waals surface area (Å²) in [6.45, 7) is 4.01. The summed E-state index contributed by atoms with van der Waals surface area (Å²) in [5, 5.41) is 3.49. The summed E-state index contributed by atoms with van der Waals surface area (Å²) in [4.78, 5) is 6.39. The molecule has 3 rings (SSSR count). The first kappa shape index (κ1) is 13.3. The van der Waals surface area contributed by atoms with Crippen LogP contribution < -0.4 is 10.2 Å². The fraction of sp³-hybridized carbons (Fsp3) is 0.643. The van der Waals surface area contributed by atoms with E-state index >= 15 is 0 Å². The lowest BCUT2D eigenvalue weighted by atomic mass is 9.74. The number of hydrogen-bond acceptors (Lipinski definition) is 3. The minimum absolute atomic E-state index is 0.227. The lowest BCUT2D eigenvalue weighted by Crippen LogP contribution is -2.51. The van der Waals surface area contributed by atoms with Crippen molar-refractivity contribution in [1.82, 2.24) is 10.3 Å². The van der Waals surface area contributed by atoms with E-state index in [0.717, 1.165) is 32.6 Å². The number of hydrogen-bond donors (Lipinski definition) is 1. The highest BCUT2D eigenvalue weighted by atomic mass is 79.9. The maximum atomic E-state index is 14.0. The molecule has 0 amide bonds. The summed E-state index contributed by atoms with van der Waals surface area (Å²) < 4.78 is 14.7. The maximum Gasteiger partial charge on any atom is 0.166 e. The van der Waals surface area contributed by atoms with E-state index in [9.17, 15) is 4.39 Å². The van der Waals surface area contributed by atoms with E-state index in [1.54, 1.807) is 6.20 Å². The number of aromatic nitrogens is 1. The van der Waals surface area contributed by atoms with Gasteiger partial charge in [0, 0.05) is 35.7 Å². The standard InChI is InChI=1S/C14H19BrFN3/c15-11-7-12(16)13(18-8-11)19-6-2-4-14(10-19)3-1-5-17-9-14/h7-8,17H,1-6,9-10H2. The molecule has 1 aromatic rings. The number of anilines is 1. The first-order valence-electron chi connectivity index (χ1n) is 6.95. The van der Waals surface area contributed by atoms with Gasteiger partial charge in [-0.25, -0.2) is 9.37 Å². The number of piperidine rings is 2. The molecule has 104 valence electrons. The van der Waals surface area contributed by atoms with E-state index in [-0.39, 0.29) is 5.82 Å². The van der Waals surface area contributed by atoms with Crippen molar-refractivity contribution in [2.45, 2.75) is 25.7 Å². The number of pyridine rings is 1. The van der Waals surface area contributed by atoms with E-state index < -0.39 is 0 Å². The monoisotopic (exact) mass is 327 g/mol. The minimum atomic E-state index is -0.227. The van der Waals surface area contributed by atoms with Crippen molar-refractivity contribution in [2.24, 2.45) is 5.41 Å². The van der Waals surface area contributed by atoms with E-state index in [4.69, 9.17) is 0 Å². The zero-order valence-corrected chi connectivity index (χ0v) is 12.5. The Kier molecular flexibility index (Phi) is 3.76. The molecule has 1 unspecified atom stereocenters. The zero-order chi connectivity index (χ0) is 13.3. The van der Waals surface area contributed by atoms with Crippen LogP contribution in [0.25, 0.3) is 0 Å². The molecule has 2 aliphatic heterocycles. The first-order valence-corrected chi connectivity index (χ1v) is 7.75. The van der Waals surface area contributed by atoms with E-state index in [1.807, 2.05) is 0 Å². The molecule has 1 atom stereocenters. The third-order valence-corrected chi connectivity index (χ3v) is 4.74. The van der Waals surface area contributed by atoms with Gasteiger partial charge in [0.05, 0.1) is 0 Å². The van der Waals surface area contributed by atoms with Crippen LogP contribution in [0.2, 0.25) is 0 Å². The largest absolute Gasteiger partial charge is 0.354 e. The van der Waals surface area contributed by atoms with Crippen molar-refractivity contribution in [1.29, 1.82) is 0 Å². The average molecular weight is 328 g/mol. The Hall–Kier alpha value is -0.680. The third-order valence-electron chi connectivity index (χ3n) is 4.31. The smallest absolute Gasteiger partial charge is 0.166 e. The van der Waals surface area contributed by atoms with Gasteiger partial charge in [-0.05, 0) is 54.2 Å². The van der Waals surface area contributed by atoms with E-state index in [1.165, 1.54) is 25.3 Å². The predicted molar refractivity (Wildman–Crippen MR) is 77.9 cm³/mol. The molecule has 19 heavy (non-hydrogen) atoms. The number of rotatable bonds is 1. The minimum Gasteiger partial charge on any atom is -0.354 e. The second-order valence-electron chi connectivity index (χ2n) is 5.76. The molecule has 2 saturated heterocycles. The SMILES string of the molecule is Fc1cc(Br)cnc1N1CCCC2(CCCNC2)C1. The van der Waals surface area contributed by atoms with E-state index in [0.29, 0.717) is 15.7 Å². The van der Waals surface area contributed by atoms with Crippen molar-refractivity contribution in [3.63, 3.8) is 0 Å². The molecule has 2 aliphatic rings. The average Bonchev–Trinajstić information content (AvgIpc) is 2.39. The van der Waals surface area contributed by atoms with Crippen LogP contribution in [0.5, 0.6) is 0 Å². The van der Waals surface area contributed by atoms with Gasteiger partial charge in [0.15, 0.2) is 11.6 Å². The Morgan fingerprint density at radius 1 is 1.37 bits per heavy atom. The van der Waals surface area contributed by atoms with Crippen molar-refractivity contribution in [3.8, 4) is 0 Å². The summed E-state index contributed by atoms with van der Waals surface area (Å²) in [7, 11) is 0. The quantitative estimate of drug-likeness (QED) is 0.859. The van der Waals surface area contributed by atoms with Crippen LogP contribution in [0.1, 0.15) is 25.7 Å². The molecule has 0 radical (unpaired) electrons. The Bertz CT molecular complexity index is 454. The Balaban J connectivity index is 1.81. The Labute approximate surface area is 121 Å². The summed E-state index contributed by atoms with van der Waals surface area (Å²) in [6, 6.07) is 1.50. The molecule has 1 aromatic heterocycles. The molecule has 0 aromatic carbocycles. The Morgan fingerprint density at radius 3 is 2.95 bits per heavy atom. The van der Waals surface area contributed by atoms with Gasteiger partial charge in [0.25, 0.3) is 0 Å². The van der Waals surface area contributed by atoms with Gasteiger partial charge >= 0.3 is 0 Å². The van der Waals surface area contributed by atoms with Gasteiger partial charge in [0.1, 0.15) is 0 Å². The molecule has 1 spiro atoms.